The van der Waals surface area contributed by atoms with Gasteiger partial charge in [0.2, 0.25) is 5.91 Å². The van der Waals surface area contributed by atoms with Gasteiger partial charge in [-0.15, -0.1) is 0 Å². The van der Waals surface area contributed by atoms with Gasteiger partial charge in [0.05, 0.1) is 23.7 Å². The van der Waals surface area contributed by atoms with E-state index in [9.17, 15) is 18.3 Å². The summed E-state index contributed by atoms with van der Waals surface area (Å²) in [6, 6.07) is 17.2. The average molecular weight is 398 g/mol. The van der Waals surface area contributed by atoms with E-state index in [1.807, 2.05) is 54.6 Å². The fraction of sp³-hybridized carbons (Fsp3) is 0.286. The summed E-state index contributed by atoms with van der Waals surface area (Å²) in [5.74, 6) is -0.758. The van der Waals surface area contributed by atoms with Crippen molar-refractivity contribution in [2.24, 2.45) is 0 Å². The lowest BCUT2D eigenvalue weighted by atomic mass is 10.0. The van der Waals surface area contributed by atoms with Crippen molar-refractivity contribution in [2.45, 2.75) is 25.0 Å². The third-order valence-corrected chi connectivity index (χ3v) is 6.86. The van der Waals surface area contributed by atoms with Crippen LogP contribution in [-0.4, -0.2) is 48.1 Å². The lowest BCUT2D eigenvalue weighted by Crippen LogP contribution is -2.42. The van der Waals surface area contributed by atoms with Crippen LogP contribution >= 0.6 is 0 Å². The van der Waals surface area contributed by atoms with E-state index in [1.165, 1.54) is 0 Å². The van der Waals surface area contributed by atoms with Crippen LogP contribution in [0.1, 0.15) is 12.0 Å². The van der Waals surface area contributed by atoms with E-state index in [2.05, 4.69) is 10.3 Å². The van der Waals surface area contributed by atoms with Crippen molar-refractivity contribution in [1.82, 2.24) is 10.3 Å². The molecule has 3 N–H and O–H groups in total. The zero-order valence-electron chi connectivity index (χ0n) is 15.3. The number of carbonyl (C=O) groups excluding carboxylic acids is 1. The molecule has 4 rings (SSSR count). The van der Waals surface area contributed by atoms with Crippen LogP contribution in [0.5, 0.6) is 0 Å². The Morgan fingerprint density at radius 1 is 1.07 bits per heavy atom. The van der Waals surface area contributed by atoms with Gasteiger partial charge in [0.15, 0.2) is 9.84 Å². The number of H-pyrrole nitrogens is 1. The Bertz CT molecular complexity index is 1110. The van der Waals surface area contributed by atoms with Gasteiger partial charge >= 0.3 is 0 Å². The number of aryl methyl sites for hydroxylation is 1. The van der Waals surface area contributed by atoms with Crippen LogP contribution in [-0.2, 0) is 21.1 Å². The molecule has 0 saturated carbocycles. The number of rotatable bonds is 5. The number of fused-ring (bicyclic) bond motifs is 1. The summed E-state index contributed by atoms with van der Waals surface area (Å²) in [6.45, 7) is 0. The molecule has 6 nitrogen and oxygen atoms in total. The number of para-hydroxylation sites is 1. The maximum atomic E-state index is 12.4. The van der Waals surface area contributed by atoms with Gasteiger partial charge in [-0.2, -0.15) is 0 Å². The van der Waals surface area contributed by atoms with Crippen molar-refractivity contribution in [3.8, 4) is 11.3 Å². The van der Waals surface area contributed by atoms with Gasteiger partial charge in [-0.3, -0.25) is 4.79 Å². The number of amides is 1. The zero-order valence-corrected chi connectivity index (χ0v) is 16.1. The second-order valence-electron chi connectivity index (χ2n) is 7.21. The molecule has 28 heavy (non-hydrogen) atoms. The van der Waals surface area contributed by atoms with Crippen LogP contribution in [0, 0.1) is 0 Å². The Balaban J connectivity index is 1.54. The summed E-state index contributed by atoms with van der Waals surface area (Å²) in [5.41, 5.74) is 4.09. The van der Waals surface area contributed by atoms with Crippen LogP contribution < -0.4 is 5.32 Å². The molecule has 7 heteroatoms. The molecule has 1 amide bonds. The molecule has 1 saturated heterocycles. The second-order valence-corrected chi connectivity index (χ2v) is 9.36. The largest absolute Gasteiger partial charge is 0.390 e. The van der Waals surface area contributed by atoms with Gasteiger partial charge in [0.25, 0.3) is 0 Å². The van der Waals surface area contributed by atoms with E-state index in [0.29, 0.717) is 6.42 Å². The van der Waals surface area contributed by atoms with E-state index in [4.69, 9.17) is 0 Å². The van der Waals surface area contributed by atoms with E-state index in [-0.39, 0.29) is 23.8 Å². The fourth-order valence-corrected chi connectivity index (χ4v) is 5.54. The number of aliphatic hydroxyl groups excluding tert-OH is 1. The Morgan fingerprint density at radius 3 is 2.50 bits per heavy atom. The van der Waals surface area contributed by atoms with Crippen molar-refractivity contribution in [3.63, 3.8) is 0 Å². The third-order valence-electron chi connectivity index (χ3n) is 5.15. The van der Waals surface area contributed by atoms with Gasteiger partial charge in [-0.25, -0.2) is 8.42 Å². The normalized spacial score (nSPS) is 21.0. The number of aliphatic hydroxyl groups is 1. The summed E-state index contributed by atoms with van der Waals surface area (Å²) in [5, 5.41) is 13.6. The van der Waals surface area contributed by atoms with E-state index in [0.717, 1.165) is 27.7 Å². The number of benzene rings is 2. The Kier molecular flexibility index (Phi) is 4.95. The fourth-order valence-electron chi connectivity index (χ4n) is 3.80. The Morgan fingerprint density at radius 2 is 1.79 bits per heavy atom. The number of carbonyl (C=O) groups is 1. The molecule has 3 aromatic rings. The quantitative estimate of drug-likeness (QED) is 0.612. The standard InChI is InChI=1S/C21H22N2O4S/c24-19-13-28(26,27)12-18(19)22-20(25)11-10-16-15-8-4-5-9-17(15)23-21(16)14-6-2-1-3-7-14/h1-9,18-19,23-24H,10-13H2,(H,22,25)/t18-,19-/m1/s1. The summed E-state index contributed by atoms with van der Waals surface area (Å²) in [4.78, 5) is 15.9. The summed E-state index contributed by atoms with van der Waals surface area (Å²) >= 11 is 0. The van der Waals surface area contributed by atoms with Gasteiger partial charge in [0, 0.05) is 23.0 Å². The van der Waals surface area contributed by atoms with Crippen molar-refractivity contribution in [1.29, 1.82) is 0 Å². The van der Waals surface area contributed by atoms with Crippen LogP contribution in [0.15, 0.2) is 54.6 Å². The number of aromatic amines is 1. The maximum Gasteiger partial charge on any atom is 0.220 e. The van der Waals surface area contributed by atoms with Crippen LogP contribution in [0.4, 0.5) is 0 Å². The third kappa shape index (κ3) is 3.81. The second kappa shape index (κ2) is 7.41. The molecule has 0 radical (unpaired) electrons. The van der Waals surface area contributed by atoms with Crippen molar-refractivity contribution < 1.29 is 18.3 Å². The molecule has 1 aliphatic heterocycles. The molecule has 1 aliphatic rings. The zero-order chi connectivity index (χ0) is 19.7. The van der Waals surface area contributed by atoms with Crippen LogP contribution in [0.25, 0.3) is 22.2 Å². The highest BCUT2D eigenvalue weighted by Crippen LogP contribution is 2.31. The number of aromatic nitrogens is 1. The maximum absolute atomic E-state index is 12.4. The predicted molar refractivity (Wildman–Crippen MR) is 109 cm³/mol. The molecular weight excluding hydrogens is 376 g/mol. The monoisotopic (exact) mass is 398 g/mol. The lowest BCUT2D eigenvalue weighted by Gasteiger charge is -2.15. The van der Waals surface area contributed by atoms with Gasteiger partial charge in [0.1, 0.15) is 0 Å². The topological polar surface area (TPSA) is 99.3 Å². The molecular formula is C21H22N2O4S. The first-order valence-electron chi connectivity index (χ1n) is 9.26. The first-order valence-corrected chi connectivity index (χ1v) is 11.1. The smallest absolute Gasteiger partial charge is 0.220 e. The molecule has 0 aliphatic carbocycles. The molecule has 2 atom stereocenters. The average Bonchev–Trinajstić information content (AvgIpc) is 3.16. The lowest BCUT2D eigenvalue weighted by molar-refractivity contribution is -0.122. The van der Waals surface area contributed by atoms with Gasteiger partial charge < -0.3 is 15.4 Å². The number of hydrogen-bond donors (Lipinski definition) is 3. The summed E-state index contributed by atoms with van der Waals surface area (Å²) in [6.07, 6.45) is -0.317. The minimum atomic E-state index is -3.29. The van der Waals surface area contributed by atoms with E-state index < -0.39 is 22.0 Å². The first-order chi connectivity index (χ1) is 13.4. The van der Waals surface area contributed by atoms with Gasteiger partial charge in [-0.05, 0) is 23.6 Å². The van der Waals surface area contributed by atoms with Crippen LogP contribution in [0.3, 0.4) is 0 Å². The minimum absolute atomic E-state index is 0.206. The minimum Gasteiger partial charge on any atom is -0.390 e. The highest BCUT2D eigenvalue weighted by Gasteiger charge is 2.37. The highest BCUT2D eigenvalue weighted by atomic mass is 32.2. The molecule has 1 fully saturated rings. The van der Waals surface area contributed by atoms with E-state index in [1.54, 1.807) is 0 Å². The molecule has 146 valence electrons. The molecule has 2 heterocycles. The first kappa shape index (κ1) is 18.7. The number of hydrogen-bond acceptors (Lipinski definition) is 4. The van der Waals surface area contributed by atoms with Gasteiger partial charge in [-0.1, -0.05) is 48.5 Å². The SMILES string of the molecule is O=C(CCc1c(-c2ccccc2)[nH]c2ccccc12)N[C@@H]1CS(=O)(=O)C[C@H]1O. The molecule has 0 unspecified atom stereocenters. The summed E-state index contributed by atoms with van der Waals surface area (Å²) in [7, 11) is -3.29. The van der Waals surface area contributed by atoms with Crippen LogP contribution in [0.2, 0.25) is 0 Å². The van der Waals surface area contributed by atoms with Crippen molar-refractivity contribution in [3.05, 3.63) is 60.2 Å². The molecule has 2 aromatic carbocycles. The van der Waals surface area contributed by atoms with Crippen molar-refractivity contribution in [2.75, 3.05) is 11.5 Å². The Labute approximate surface area is 163 Å². The van der Waals surface area contributed by atoms with E-state index >= 15 is 0 Å². The molecule has 0 spiro atoms. The molecule has 0 bridgehead atoms. The number of sulfone groups is 1. The van der Waals surface area contributed by atoms with Crippen molar-refractivity contribution >= 4 is 26.6 Å². The highest BCUT2D eigenvalue weighted by molar-refractivity contribution is 7.91. The molecule has 1 aromatic heterocycles. The Hall–Kier alpha value is -2.64. The summed E-state index contributed by atoms with van der Waals surface area (Å²) < 4.78 is 23.2. The number of nitrogens with one attached hydrogen (secondary N) is 2. The predicted octanol–water partition coefficient (Wildman–Crippen LogP) is 2.04.